The topological polar surface area (TPSA) is 34.2 Å². The van der Waals surface area contributed by atoms with Crippen molar-refractivity contribution < 1.29 is 9.13 Å². The van der Waals surface area contributed by atoms with Crippen molar-refractivity contribution in [1.82, 2.24) is 10.3 Å². The molecule has 1 heterocycles. The van der Waals surface area contributed by atoms with Crippen LogP contribution in [-0.2, 0) is 6.54 Å². The van der Waals surface area contributed by atoms with Crippen molar-refractivity contribution in [2.75, 3.05) is 6.54 Å². The predicted molar refractivity (Wildman–Crippen MR) is 82.7 cm³/mol. The number of nitrogens with one attached hydrogen (secondary N) is 1. The second-order valence-electron chi connectivity index (χ2n) is 4.43. The zero-order valence-electron chi connectivity index (χ0n) is 11.5. The second-order valence-corrected chi connectivity index (χ2v) is 5.25. The molecule has 0 radical (unpaired) electrons. The molecule has 6 heteroatoms. The summed E-state index contributed by atoms with van der Waals surface area (Å²) < 4.78 is 18.7. The molecule has 0 atom stereocenters. The van der Waals surface area contributed by atoms with Crippen LogP contribution in [0.25, 0.3) is 0 Å². The van der Waals surface area contributed by atoms with Crippen LogP contribution in [0.3, 0.4) is 0 Å². The minimum atomic E-state index is -0.488. The number of hydrogen-bond donors (Lipinski definition) is 1. The van der Waals surface area contributed by atoms with E-state index < -0.39 is 5.82 Å². The highest BCUT2D eigenvalue weighted by atomic mass is 35.5. The van der Waals surface area contributed by atoms with E-state index in [-0.39, 0.29) is 5.02 Å². The first kappa shape index (κ1) is 16.0. The molecule has 0 bridgehead atoms. The van der Waals surface area contributed by atoms with E-state index in [1.165, 1.54) is 18.2 Å². The van der Waals surface area contributed by atoms with E-state index in [9.17, 15) is 4.39 Å². The van der Waals surface area contributed by atoms with Crippen LogP contribution in [-0.4, -0.2) is 11.5 Å². The van der Waals surface area contributed by atoms with Gasteiger partial charge in [-0.1, -0.05) is 30.1 Å². The highest BCUT2D eigenvalue weighted by molar-refractivity contribution is 6.31. The van der Waals surface area contributed by atoms with Crippen molar-refractivity contribution in [2.24, 2.45) is 0 Å². The molecular weight excluding hydrogens is 314 g/mol. The van der Waals surface area contributed by atoms with Crippen molar-refractivity contribution >= 4 is 23.2 Å². The van der Waals surface area contributed by atoms with Crippen molar-refractivity contribution in [3.8, 4) is 11.6 Å². The molecule has 0 fully saturated rings. The van der Waals surface area contributed by atoms with E-state index in [0.29, 0.717) is 28.9 Å². The standard InChI is InChI=1S/C15H15Cl2FN2O/c1-2-7-19-9-14-11(16)4-6-15(20-14)21-10-3-5-13(18)12(17)8-10/h3-6,8,19H,2,7,9H2,1H3. The Bertz CT molecular complexity index is 623. The van der Waals surface area contributed by atoms with Crippen LogP contribution in [0.1, 0.15) is 19.0 Å². The Kier molecular flexibility index (Phi) is 5.79. The summed E-state index contributed by atoms with van der Waals surface area (Å²) in [5, 5.41) is 3.80. The van der Waals surface area contributed by atoms with E-state index in [1.54, 1.807) is 12.1 Å². The molecule has 0 amide bonds. The average molecular weight is 329 g/mol. The van der Waals surface area contributed by atoms with Crippen molar-refractivity contribution in [1.29, 1.82) is 0 Å². The average Bonchev–Trinajstić information content (AvgIpc) is 2.46. The van der Waals surface area contributed by atoms with Crippen molar-refractivity contribution in [3.63, 3.8) is 0 Å². The molecule has 0 saturated heterocycles. The number of aromatic nitrogens is 1. The summed E-state index contributed by atoms with van der Waals surface area (Å²) in [6, 6.07) is 7.52. The molecule has 1 N–H and O–H groups in total. The molecule has 0 unspecified atom stereocenters. The van der Waals surface area contributed by atoms with E-state index in [2.05, 4.69) is 17.2 Å². The summed E-state index contributed by atoms with van der Waals surface area (Å²) in [4.78, 5) is 4.34. The number of nitrogens with zero attached hydrogens (tertiary/aromatic N) is 1. The molecule has 21 heavy (non-hydrogen) atoms. The van der Waals surface area contributed by atoms with Gasteiger partial charge in [0.15, 0.2) is 0 Å². The second kappa shape index (κ2) is 7.59. The van der Waals surface area contributed by atoms with E-state index in [4.69, 9.17) is 27.9 Å². The minimum absolute atomic E-state index is 0.00583. The summed E-state index contributed by atoms with van der Waals surface area (Å²) in [5.74, 6) is 0.316. The maximum atomic E-state index is 13.1. The Morgan fingerprint density at radius 1 is 1.19 bits per heavy atom. The lowest BCUT2D eigenvalue weighted by Crippen LogP contribution is -2.15. The molecule has 2 rings (SSSR count). The number of halogens is 3. The lowest BCUT2D eigenvalue weighted by atomic mass is 10.3. The van der Waals surface area contributed by atoms with Crippen LogP contribution in [0.15, 0.2) is 30.3 Å². The third kappa shape index (κ3) is 4.56. The van der Waals surface area contributed by atoms with Crippen LogP contribution in [0.2, 0.25) is 10.0 Å². The largest absolute Gasteiger partial charge is 0.439 e. The maximum Gasteiger partial charge on any atom is 0.219 e. The molecule has 0 aliphatic carbocycles. The molecule has 1 aromatic heterocycles. The van der Waals surface area contributed by atoms with Crippen LogP contribution in [0, 0.1) is 5.82 Å². The summed E-state index contributed by atoms with van der Waals surface area (Å²) >= 11 is 11.8. The van der Waals surface area contributed by atoms with E-state index >= 15 is 0 Å². The Labute approximate surface area is 133 Å². The van der Waals surface area contributed by atoms with Crippen LogP contribution < -0.4 is 10.1 Å². The quantitative estimate of drug-likeness (QED) is 0.772. The Morgan fingerprint density at radius 3 is 2.71 bits per heavy atom. The molecule has 112 valence electrons. The number of ether oxygens (including phenoxy) is 1. The minimum Gasteiger partial charge on any atom is -0.439 e. The molecule has 0 spiro atoms. The molecule has 0 aliphatic rings. The number of hydrogen-bond acceptors (Lipinski definition) is 3. The number of rotatable bonds is 6. The number of pyridine rings is 1. The molecule has 2 aromatic rings. The van der Waals surface area contributed by atoms with Gasteiger partial charge < -0.3 is 10.1 Å². The fourth-order valence-electron chi connectivity index (χ4n) is 1.69. The van der Waals surface area contributed by atoms with Gasteiger partial charge in [-0.25, -0.2) is 9.37 Å². The van der Waals surface area contributed by atoms with Gasteiger partial charge in [-0.05, 0) is 31.2 Å². The molecule has 0 saturated carbocycles. The van der Waals surface area contributed by atoms with Crippen LogP contribution >= 0.6 is 23.2 Å². The van der Waals surface area contributed by atoms with Gasteiger partial charge in [0.1, 0.15) is 11.6 Å². The van der Waals surface area contributed by atoms with Crippen molar-refractivity contribution in [3.05, 3.63) is 51.9 Å². The lowest BCUT2D eigenvalue weighted by Gasteiger charge is -2.09. The molecule has 0 aliphatic heterocycles. The predicted octanol–water partition coefficient (Wildman–Crippen LogP) is 4.82. The Morgan fingerprint density at radius 2 is 2.00 bits per heavy atom. The van der Waals surface area contributed by atoms with Gasteiger partial charge in [-0.2, -0.15) is 0 Å². The molecule has 3 nitrogen and oxygen atoms in total. The van der Waals surface area contributed by atoms with Gasteiger partial charge >= 0.3 is 0 Å². The maximum absolute atomic E-state index is 13.1. The smallest absolute Gasteiger partial charge is 0.219 e. The van der Waals surface area contributed by atoms with Gasteiger partial charge in [-0.3, -0.25) is 0 Å². The third-order valence-corrected chi connectivity index (χ3v) is 3.36. The van der Waals surface area contributed by atoms with Gasteiger partial charge in [-0.15, -0.1) is 0 Å². The first-order valence-electron chi connectivity index (χ1n) is 6.59. The van der Waals surface area contributed by atoms with Gasteiger partial charge in [0.2, 0.25) is 5.88 Å². The zero-order chi connectivity index (χ0) is 15.2. The normalized spacial score (nSPS) is 10.7. The zero-order valence-corrected chi connectivity index (χ0v) is 13.0. The Balaban J connectivity index is 2.12. The first-order chi connectivity index (χ1) is 10.1. The third-order valence-electron chi connectivity index (χ3n) is 2.73. The summed E-state index contributed by atoms with van der Waals surface area (Å²) in [6.07, 6.45) is 1.03. The first-order valence-corrected chi connectivity index (χ1v) is 7.34. The van der Waals surface area contributed by atoms with Gasteiger partial charge in [0, 0.05) is 18.7 Å². The summed E-state index contributed by atoms with van der Waals surface area (Å²) in [6.45, 7) is 3.53. The van der Waals surface area contributed by atoms with Crippen molar-refractivity contribution in [2.45, 2.75) is 19.9 Å². The van der Waals surface area contributed by atoms with Gasteiger partial charge in [0.05, 0.1) is 15.7 Å². The SMILES string of the molecule is CCCNCc1nc(Oc2ccc(F)c(Cl)c2)ccc1Cl. The van der Waals surface area contributed by atoms with E-state index in [0.717, 1.165) is 13.0 Å². The summed E-state index contributed by atoms with van der Waals surface area (Å²) in [5.41, 5.74) is 0.704. The van der Waals surface area contributed by atoms with E-state index in [1.807, 2.05) is 0 Å². The van der Waals surface area contributed by atoms with Crippen LogP contribution in [0.4, 0.5) is 4.39 Å². The molecular formula is C15H15Cl2FN2O. The highest BCUT2D eigenvalue weighted by Gasteiger charge is 2.07. The lowest BCUT2D eigenvalue weighted by molar-refractivity contribution is 0.458. The summed E-state index contributed by atoms with van der Waals surface area (Å²) in [7, 11) is 0. The fraction of sp³-hybridized carbons (Fsp3) is 0.267. The monoisotopic (exact) mass is 328 g/mol. The fourth-order valence-corrected chi connectivity index (χ4v) is 2.03. The molecule has 1 aromatic carbocycles. The Hall–Kier alpha value is -1.36. The number of benzene rings is 1. The van der Waals surface area contributed by atoms with Gasteiger partial charge in [0.25, 0.3) is 0 Å². The highest BCUT2D eigenvalue weighted by Crippen LogP contribution is 2.26. The van der Waals surface area contributed by atoms with Crippen LogP contribution in [0.5, 0.6) is 11.6 Å².